The third-order valence-electron chi connectivity index (χ3n) is 3.39. The predicted octanol–water partition coefficient (Wildman–Crippen LogP) is 1.91. The Morgan fingerprint density at radius 3 is 3.25 bits per heavy atom. The number of thiophene rings is 1. The van der Waals surface area contributed by atoms with E-state index in [1.54, 1.807) is 4.90 Å². The third kappa shape index (κ3) is 2.34. The zero-order chi connectivity index (χ0) is 13.9. The summed E-state index contributed by atoms with van der Waals surface area (Å²) in [4.78, 5) is 19.4. The summed E-state index contributed by atoms with van der Waals surface area (Å²) in [6, 6.07) is 1.73. The molecule has 0 spiro atoms. The van der Waals surface area contributed by atoms with Gasteiger partial charge in [0.15, 0.2) is 5.82 Å². The second-order valence-corrected chi connectivity index (χ2v) is 5.42. The number of morpholine rings is 1. The summed E-state index contributed by atoms with van der Waals surface area (Å²) < 4.78 is 10.2. The molecule has 2 aromatic rings. The number of amides is 1. The number of ether oxygens (including phenoxy) is 1. The van der Waals surface area contributed by atoms with Crippen molar-refractivity contribution in [3.8, 4) is 0 Å². The highest BCUT2D eigenvalue weighted by molar-refractivity contribution is 7.12. The molecule has 2 aromatic heterocycles. The van der Waals surface area contributed by atoms with Gasteiger partial charge < -0.3 is 14.2 Å². The van der Waals surface area contributed by atoms with Crippen LogP contribution in [0.2, 0.25) is 0 Å². The van der Waals surface area contributed by atoms with Crippen LogP contribution in [0, 0.1) is 0 Å². The smallest absolute Gasteiger partial charge is 0.264 e. The fourth-order valence-electron chi connectivity index (χ4n) is 2.32. The molecule has 1 atom stereocenters. The standard InChI is InChI=1S/C13H15N3O3S/c1-2-9-3-6-20-11(9)13(17)16-4-5-18-7-10(16)12-14-8-19-15-12/h3,6,8,10H,2,4-5,7H2,1H3/t10-/m0/s1. The van der Waals surface area contributed by atoms with Crippen LogP contribution >= 0.6 is 11.3 Å². The Bertz CT molecular complexity index is 581. The zero-order valence-electron chi connectivity index (χ0n) is 11.1. The molecule has 7 heteroatoms. The van der Waals surface area contributed by atoms with Crippen molar-refractivity contribution in [1.82, 2.24) is 15.0 Å². The van der Waals surface area contributed by atoms with Gasteiger partial charge in [-0.15, -0.1) is 11.3 Å². The van der Waals surface area contributed by atoms with Gasteiger partial charge in [-0.1, -0.05) is 12.1 Å². The summed E-state index contributed by atoms with van der Waals surface area (Å²) in [7, 11) is 0. The maximum Gasteiger partial charge on any atom is 0.264 e. The lowest BCUT2D eigenvalue weighted by atomic mass is 10.1. The number of aromatic nitrogens is 2. The lowest BCUT2D eigenvalue weighted by Gasteiger charge is -2.33. The molecular weight excluding hydrogens is 278 g/mol. The fourth-order valence-corrected chi connectivity index (χ4v) is 3.27. The van der Waals surface area contributed by atoms with Crippen LogP contribution in [0.1, 0.15) is 34.0 Å². The Morgan fingerprint density at radius 2 is 2.50 bits per heavy atom. The van der Waals surface area contributed by atoms with Gasteiger partial charge in [-0.05, 0) is 23.4 Å². The highest BCUT2D eigenvalue weighted by atomic mass is 32.1. The summed E-state index contributed by atoms with van der Waals surface area (Å²) in [5, 5.41) is 5.79. The summed E-state index contributed by atoms with van der Waals surface area (Å²) >= 11 is 1.48. The lowest BCUT2D eigenvalue weighted by molar-refractivity contribution is -0.00555. The molecule has 3 rings (SSSR count). The van der Waals surface area contributed by atoms with E-state index in [1.807, 2.05) is 11.4 Å². The molecule has 6 nitrogen and oxygen atoms in total. The highest BCUT2D eigenvalue weighted by Gasteiger charge is 2.33. The molecule has 0 aromatic carbocycles. The number of nitrogens with zero attached hydrogens (tertiary/aromatic N) is 3. The monoisotopic (exact) mass is 293 g/mol. The van der Waals surface area contributed by atoms with Gasteiger partial charge in [-0.3, -0.25) is 4.79 Å². The van der Waals surface area contributed by atoms with E-state index in [1.165, 1.54) is 17.7 Å². The maximum atomic E-state index is 12.7. The highest BCUT2D eigenvalue weighted by Crippen LogP contribution is 2.27. The first-order valence-corrected chi connectivity index (χ1v) is 7.40. The Balaban J connectivity index is 1.88. The quantitative estimate of drug-likeness (QED) is 0.864. The topological polar surface area (TPSA) is 68.5 Å². The molecule has 3 heterocycles. The van der Waals surface area contributed by atoms with Gasteiger partial charge in [-0.25, -0.2) is 0 Å². The minimum Gasteiger partial charge on any atom is -0.377 e. The second-order valence-electron chi connectivity index (χ2n) is 4.51. The Hall–Kier alpha value is -1.73. The molecule has 0 aliphatic carbocycles. The van der Waals surface area contributed by atoms with E-state index in [0.29, 0.717) is 25.6 Å². The van der Waals surface area contributed by atoms with E-state index in [2.05, 4.69) is 17.1 Å². The average Bonchev–Trinajstić information content (AvgIpc) is 3.17. The van der Waals surface area contributed by atoms with Crippen molar-refractivity contribution in [3.05, 3.63) is 34.1 Å². The SMILES string of the molecule is CCc1ccsc1C(=O)N1CCOC[C@H]1c1ncon1. The first kappa shape index (κ1) is 13.3. The molecular formula is C13H15N3O3S. The molecule has 1 aliphatic heterocycles. The van der Waals surface area contributed by atoms with Crippen LogP contribution in [0.15, 0.2) is 22.4 Å². The van der Waals surface area contributed by atoms with Crippen molar-refractivity contribution in [2.75, 3.05) is 19.8 Å². The van der Waals surface area contributed by atoms with Crippen molar-refractivity contribution in [3.63, 3.8) is 0 Å². The van der Waals surface area contributed by atoms with Crippen LogP contribution in [0.4, 0.5) is 0 Å². The fraction of sp³-hybridized carbons (Fsp3) is 0.462. The third-order valence-corrected chi connectivity index (χ3v) is 4.33. The summed E-state index contributed by atoms with van der Waals surface area (Å²) in [5.41, 5.74) is 1.08. The van der Waals surface area contributed by atoms with Crippen LogP contribution in [0.5, 0.6) is 0 Å². The number of aryl methyl sites for hydroxylation is 1. The van der Waals surface area contributed by atoms with Gasteiger partial charge in [0.25, 0.3) is 5.91 Å². The number of hydrogen-bond acceptors (Lipinski definition) is 6. The molecule has 0 radical (unpaired) electrons. The second kappa shape index (κ2) is 5.72. The Morgan fingerprint density at radius 1 is 1.60 bits per heavy atom. The predicted molar refractivity (Wildman–Crippen MR) is 72.6 cm³/mol. The molecule has 0 N–H and O–H groups in total. The van der Waals surface area contributed by atoms with Crippen molar-refractivity contribution >= 4 is 17.2 Å². The first-order chi connectivity index (χ1) is 9.81. The first-order valence-electron chi connectivity index (χ1n) is 6.52. The van der Waals surface area contributed by atoms with E-state index in [0.717, 1.165) is 16.9 Å². The molecule has 0 saturated carbocycles. The van der Waals surface area contributed by atoms with Crippen molar-refractivity contribution in [2.45, 2.75) is 19.4 Å². The van der Waals surface area contributed by atoms with E-state index in [-0.39, 0.29) is 11.9 Å². The summed E-state index contributed by atoms with van der Waals surface area (Å²) in [5.74, 6) is 0.516. The van der Waals surface area contributed by atoms with Gasteiger partial charge >= 0.3 is 0 Å². The van der Waals surface area contributed by atoms with Crippen LogP contribution < -0.4 is 0 Å². The molecule has 20 heavy (non-hydrogen) atoms. The molecule has 1 aliphatic rings. The van der Waals surface area contributed by atoms with E-state index < -0.39 is 0 Å². The minimum atomic E-state index is -0.276. The number of carbonyl (C=O) groups excluding carboxylic acids is 1. The van der Waals surface area contributed by atoms with Gasteiger partial charge in [0.1, 0.15) is 6.04 Å². The van der Waals surface area contributed by atoms with Crippen LogP contribution in [-0.2, 0) is 11.2 Å². The normalized spacial score (nSPS) is 19.2. The summed E-state index contributed by atoms with van der Waals surface area (Å²) in [6.45, 7) is 3.53. The van der Waals surface area contributed by atoms with Crippen molar-refractivity contribution in [2.24, 2.45) is 0 Å². The molecule has 106 valence electrons. The molecule has 1 saturated heterocycles. The molecule has 1 amide bonds. The van der Waals surface area contributed by atoms with Crippen molar-refractivity contribution in [1.29, 1.82) is 0 Å². The molecule has 0 unspecified atom stereocenters. The van der Waals surface area contributed by atoms with Crippen LogP contribution in [0.25, 0.3) is 0 Å². The number of hydrogen-bond donors (Lipinski definition) is 0. The number of carbonyl (C=O) groups is 1. The number of rotatable bonds is 3. The largest absolute Gasteiger partial charge is 0.377 e. The zero-order valence-corrected chi connectivity index (χ0v) is 11.9. The van der Waals surface area contributed by atoms with Gasteiger partial charge in [0, 0.05) is 6.54 Å². The van der Waals surface area contributed by atoms with Gasteiger partial charge in [0.2, 0.25) is 6.39 Å². The lowest BCUT2D eigenvalue weighted by Crippen LogP contribution is -2.43. The Kier molecular flexibility index (Phi) is 3.79. The van der Waals surface area contributed by atoms with E-state index >= 15 is 0 Å². The van der Waals surface area contributed by atoms with Gasteiger partial charge in [0.05, 0.1) is 18.1 Å². The van der Waals surface area contributed by atoms with Crippen LogP contribution in [-0.4, -0.2) is 40.7 Å². The Labute approximate surface area is 120 Å². The van der Waals surface area contributed by atoms with Crippen LogP contribution in [0.3, 0.4) is 0 Å². The maximum absolute atomic E-state index is 12.7. The summed E-state index contributed by atoms with van der Waals surface area (Å²) in [6.07, 6.45) is 2.12. The van der Waals surface area contributed by atoms with Gasteiger partial charge in [-0.2, -0.15) is 4.98 Å². The van der Waals surface area contributed by atoms with E-state index in [9.17, 15) is 4.79 Å². The minimum absolute atomic E-state index is 0.0231. The average molecular weight is 293 g/mol. The van der Waals surface area contributed by atoms with Crippen molar-refractivity contribution < 1.29 is 14.1 Å². The van der Waals surface area contributed by atoms with E-state index in [4.69, 9.17) is 9.26 Å². The molecule has 1 fully saturated rings. The molecule has 0 bridgehead atoms.